The summed E-state index contributed by atoms with van der Waals surface area (Å²) in [4.78, 5) is 3.71. The van der Waals surface area contributed by atoms with E-state index >= 15 is 0 Å². The van der Waals surface area contributed by atoms with E-state index in [1.165, 1.54) is 83.5 Å². The molecule has 0 saturated heterocycles. The van der Waals surface area contributed by atoms with E-state index in [1.54, 1.807) is 11.1 Å². The Balaban J connectivity index is 1.99. The Labute approximate surface area is 240 Å². The first-order valence-electron chi connectivity index (χ1n) is 15.4. The highest BCUT2D eigenvalue weighted by atomic mass is 31.1. The molecule has 228 valence electrons. The minimum absolute atomic E-state index is 0.130. The lowest BCUT2D eigenvalue weighted by atomic mass is 10.0. The van der Waals surface area contributed by atoms with E-state index in [-0.39, 0.29) is 31.1 Å². The van der Waals surface area contributed by atoms with Crippen LogP contribution in [0.1, 0.15) is 104 Å². The maximum absolute atomic E-state index is 12.1. The van der Waals surface area contributed by atoms with Gasteiger partial charge in [-0.15, -0.1) is 9.05 Å². The fourth-order valence-corrected chi connectivity index (χ4v) is 5.14. The van der Waals surface area contributed by atoms with E-state index in [2.05, 4.69) is 6.92 Å². The number of nitrogens with zero attached hydrogens (tertiary/aromatic N) is 2. The van der Waals surface area contributed by atoms with Crippen molar-refractivity contribution in [1.82, 2.24) is 9.80 Å². The highest BCUT2D eigenvalue weighted by Crippen LogP contribution is 2.24. The molecule has 0 aromatic carbocycles. The summed E-state index contributed by atoms with van der Waals surface area (Å²) in [5.74, 6) is 0.261. The normalized spacial score (nSPS) is 16.6. The van der Waals surface area contributed by atoms with Gasteiger partial charge < -0.3 is 19.5 Å². The van der Waals surface area contributed by atoms with Gasteiger partial charge in [-0.2, -0.15) is 0 Å². The molecule has 1 heterocycles. The molecule has 1 rings (SSSR count). The van der Waals surface area contributed by atoms with Crippen molar-refractivity contribution in [3.05, 3.63) is 24.2 Å². The van der Waals surface area contributed by atoms with Gasteiger partial charge in [0.25, 0.3) is 0 Å². The van der Waals surface area contributed by atoms with Crippen LogP contribution in [-0.4, -0.2) is 80.7 Å². The van der Waals surface area contributed by atoms with Gasteiger partial charge in [-0.05, 0) is 33.5 Å². The second-order valence-electron chi connectivity index (χ2n) is 10.6. The summed E-state index contributed by atoms with van der Waals surface area (Å²) in [5.41, 5.74) is 0. The van der Waals surface area contributed by atoms with Gasteiger partial charge in [-0.3, -0.25) is 4.90 Å². The van der Waals surface area contributed by atoms with Crippen molar-refractivity contribution >= 4 is 8.25 Å². The van der Waals surface area contributed by atoms with E-state index in [0.717, 1.165) is 6.42 Å². The van der Waals surface area contributed by atoms with Crippen molar-refractivity contribution in [1.29, 1.82) is 0 Å². The monoisotopic (exact) mass is 573 g/mol. The fraction of sp³-hybridized carbons (Fsp3) is 0.867. The first-order chi connectivity index (χ1) is 19.0. The number of likely N-dealkylation sites (N-methyl/N-ethyl adjacent to an activating group) is 1. The highest BCUT2D eigenvalue weighted by molar-refractivity contribution is 7.33. The molecule has 9 heteroatoms. The first-order valence-corrected chi connectivity index (χ1v) is 16.5. The second kappa shape index (κ2) is 24.8. The Hall–Kier alpha value is -1.02. The molecule has 3 atom stereocenters. The van der Waals surface area contributed by atoms with Crippen LogP contribution in [0.5, 0.6) is 0 Å². The lowest BCUT2D eigenvalue weighted by Gasteiger charge is -2.27. The van der Waals surface area contributed by atoms with Gasteiger partial charge in [0.15, 0.2) is 0 Å². The quantitative estimate of drug-likeness (QED) is 0.0790. The Morgan fingerprint density at radius 2 is 1.46 bits per heavy atom. The molecule has 0 saturated carbocycles. The van der Waals surface area contributed by atoms with Gasteiger partial charge in [0.1, 0.15) is 25.1 Å². The Kier molecular flexibility index (Phi) is 22.9. The minimum atomic E-state index is -2.25. The van der Waals surface area contributed by atoms with Crippen LogP contribution in [0.25, 0.3) is 0 Å². The summed E-state index contributed by atoms with van der Waals surface area (Å²) < 4.78 is 34.3. The smallest absolute Gasteiger partial charge is 0.509 e. The minimum Gasteiger partial charge on any atom is -0.509 e. The zero-order valence-electron chi connectivity index (χ0n) is 25.4. The number of hydrogen-bond donors (Lipinski definition) is 1. The van der Waals surface area contributed by atoms with Crippen molar-refractivity contribution < 1.29 is 28.2 Å². The van der Waals surface area contributed by atoms with Crippen molar-refractivity contribution in [2.75, 3.05) is 53.7 Å². The molecule has 0 bridgehead atoms. The molecule has 1 aliphatic heterocycles. The average Bonchev–Trinajstić information content (AvgIpc) is 2.91. The summed E-state index contributed by atoms with van der Waals surface area (Å²) in [6, 6.07) is -0.130. The topological polar surface area (TPSA) is 80.7 Å². The molecular weight excluding hydrogens is 515 g/mol. The predicted molar refractivity (Wildman–Crippen MR) is 160 cm³/mol. The number of unbranched alkanes of at least 4 members (excludes halogenated alkanes) is 13. The van der Waals surface area contributed by atoms with E-state index in [1.807, 2.05) is 38.2 Å². The predicted octanol–water partition coefficient (Wildman–Crippen LogP) is 7.74. The van der Waals surface area contributed by atoms with Gasteiger partial charge in [-0.1, -0.05) is 90.4 Å². The number of ether oxygens (including phenoxy) is 2. The van der Waals surface area contributed by atoms with E-state index in [4.69, 9.17) is 18.5 Å². The first kappa shape index (κ1) is 36.0. The molecule has 0 aliphatic carbocycles. The molecule has 0 fully saturated rings. The van der Waals surface area contributed by atoms with Crippen molar-refractivity contribution in [3.8, 4) is 0 Å². The molecule has 1 N–H and O–H groups in total. The van der Waals surface area contributed by atoms with Crippen LogP contribution in [0, 0.1) is 0 Å². The molecule has 8 nitrogen and oxygen atoms in total. The average molecular weight is 574 g/mol. The van der Waals surface area contributed by atoms with Crippen LogP contribution in [0.2, 0.25) is 0 Å². The van der Waals surface area contributed by atoms with Gasteiger partial charge in [-0.25, -0.2) is 0 Å². The van der Waals surface area contributed by atoms with Gasteiger partial charge in [0, 0.05) is 30.2 Å². The van der Waals surface area contributed by atoms with Crippen LogP contribution in [0.3, 0.4) is 0 Å². The standard InChI is InChI=1S/C30H57N2O6P/c1-5-7-8-9-10-11-12-13-14-15-16-17-18-19-23-35-26-28(36-6-2)27-38-39(34)37-24-22-32-21-20-29(31(3)4)30(33)25-32/h20-21,25,28-29H,5-19,22-24,26-27H2,1-4H3/p+1. The van der Waals surface area contributed by atoms with E-state index in [9.17, 15) is 9.67 Å². The number of rotatable bonds is 27. The Bertz CT molecular complexity index is 661. The molecule has 0 amide bonds. The van der Waals surface area contributed by atoms with Gasteiger partial charge in [0.05, 0.1) is 19.2 Å². The molecule has 0 aromatic rings. The van der Waals surface area contributed by atoms with E-state index in [0.29, 0.717) is 26.4 Å². The molecular formula is C30H58N2O6P+. The van der Waals surface area contributed by atoms with Crippen LogP contribution >= 0.6 is 8.25 Å². The lowest BCUT2D eigenvalue weighted by Crippen LogP contribution is -2.32. The fourth-order valence-electron chi connectivity index (χ4n) is 4.55. The van der Waals surface area contributed by atoms with Gasteiger partial charge in [0.2, 0.25) is 0 Å². The number of aliphatic hydroxyl groups is 1. The Morgan fingerprint density at radius 1 is 0.872 bits per heavy atom. The third kappa shape index (κ3) is 19.7. The van der Waals surface area contributed by atoms with Crippen molar-refractivity contribution in [2.45, 2.75) is 116 Å². The van der Waals surface area contributed by atoms with Crippen LogP contribution in [-0.2, 0) is 23.1 Å². The van der Waals surface area contributed by atoms with Gasteiger partial charge >= 0.3 is 8.25 Å². The summed E-state index contributed by atoms with van der Waals surface area (Å²) >= 11 is 0. The maximum Gasteiger partial charge on any atom is 0.697 e. The van der Waals surface area contributed by atoms with Crippen LogP contribution in [0.4, 0.5) is 0 Å². The molecule has 0 aromatic heterocycles. The summed E-state index contributed by atoms with van der Waals surface area (Å²) in [5, 5.41) is 10.1. The lowest BCUT2D eigenvalue weighted by molar-refractivity contribution is -0.0345. The highest BCUT2D eigenvalue weighted by Gasteiger charge is 2.25. The van der Waals surface area contributed by atoms with E-state index < -0.39 is 8.25 Å². The zero-order valence-corrected chi connectivity index (χ0v) is 26.3. The second-order valence-corrected chi connectivity index (χ2v) is 11.6. The molecule has 3 unspecified atom stereocenters. The SMILES string of the molecule is CCCCCCCCCCCCCCCCOCC(CO[P+](=O)OCCN1C=CC(N(C)C)C(O)=C1)OCC. The number of aliphatic hydroxyl groups excluding tert-OH is 1. The zero-order chi connectivity index (χ0) is 28.6. The number of hydrogen-bond acceptors (Lipinski definition) is 8. The maximum atomic E-state index is 12.1. The third-order valence-electron chi connectivity index (χ3n) is 6.88. The molecule has 0 radical (unpaired) electrons. The van der Waals surface area contributed by atoms with Crippen molar-refractivity contribution in [2.24, 2.45) is 0 Å². The third-order valence-corrected chi connectivity index (χ3v) is 7.63. The summed E-state index contributed by atoms with van der Waals surface area (Å²) in [6.45, 7) is 6.71. The summed E-state index contributed by atoms with van der Waals surface area (Å²) in [7, 11) is 1.56. The van der Waals surface area contributed by atoms with Crippen LogP contribution in [0.15, 0.2) is 24.2 Å². The Morgan fingerprint density at radius 3 is 2.00 bits per heavy atom. The molecule has 0 spiro atoms. The largest absolute Gasteiger partial charge is 0.697 e. The van der Waals surface area contributed by atoms with Crippen LogP contribution < -0.4 is 0 Å². The van der Waals surface area contributed by atoms with Crippen molar-refractivity contribution in [3.63, 3.8) is 0 Å². The molecule has 1 aliphatic rings. The molecule has 39 heavy (non-hydrogen) atoms. The summed E-state index contributed by atoms with van der Waals surface area (Å²) in [6.07, 6.45) is 23.9.